The average molecular weight is 351 g/mol. The molecule has 8 heteroatoms. The molecule has 1 aromatic carbocycles. The van der Waals surface area contributed by atoms with E-state index in [-0.39, 0.29) is 30.9 Å². The van der Waals surface area contributed by atoms with Crippen molar-refractivity contribution in [1.82, 2.24) is 5.32 Å². The van der Waals surface area contributed by atoms with Crippen molar-refractivity contribution in [2.24, 2.45) is 0 Å². The lowest BCUT2D eigenvalue weighted by Gasteiger charge is -2.28. The summed E-state index contributed by atoms with van der Waals surface area (Å²) in [6, 6.07) is 6.34. The van der Waals surface area contributed by atoms with E-state index in [1.54, 1.807) is 18.2 Å². The topological polar surface area (TPSA) is 108 Å². The van der Waals surface area contributed by atoms with Gasteiger partial charge in [0.25, 0.3) is 0 Å². The third kappa shape index (κ3) is 4.56. The number of ether oxygens (including phenoxy) is 3. The van der Waals surface area contributed by atoms with Crippen molar-refractivity contribution in [3.8, 4) is 5.75 Å². The molecular formula is C17H21NO7. The van der Waals surface area contributed by atoms with Gasteiger partial charge in [0.15, 0.2) is 5.78 Å². The molecular weight excluding hydrogens is 330 g/mol. The summed E-state index contributed by atoms with van der Waals surface area (Å²) < 4.78 is 14.9. The number of carbonyl (C=O) groups is 4. The van der Waals surface area contributed by atoms with Crippen molar-refractivity contribution in [2.45, 2.75) is 25.8 Å². The van der Waals surface area contributed by atoms with E-state index in [1.165, 1.54) is 27.0 Å². The smallest absolute Gasteiger partial charge is 0.344 e. The molecule has 0 bridgehead atoms. The Kier molecular flexibility index (Phi) is 7.58. The fourth-order valence-electron chi connectivity index (χ4n) is 2.22. The first-order valence-electron chi connectivity index (χ1n) is 7.68. The Morgan fingerprint density at radius 1 is 1.08 bits per heavy atom. The van der Waals surface area contributed by atoms with Crippen LogP contribution in [0, 0.1) is 0 Å². The van der Waals surface area contributed by atoms with E-state index < -0.39 is 29.7 Å². The number of benzene rings is 1. The molecule has 0 saturated heterocycles. The summed E-state index contributed by atoms with van der Waals surface area (Å²) in [6.45, 7) is 3.00. The third-order valence-corrected chi connectivity index (χ3v) is 3.39. The Hall–Kier alpha value is -2.90. The van der Waals surface area contributed by atoms with Gasteiger partial charge in [0, 0.05) is 0 Å². The SMILES string of the molecule is CCOC(=O)C(CC(=O)c1ccccc1OC)(NC=O)C(=O)OCC. The Balaban J connectivity index is 3.30. The van der Waals surface area contributed by atoms with E-state index in [2.05, 4.69) is 5.32 Å². The molecule has 0 unspecified atom stereocenters. The molecule has 0 aliphatic carbocycles. The number of ketones is 1. The Bertz CT molecular complexity index is 624. The zero-order chi connectivity index (χ0) is 18.9. The van der Waals surface area contributed by atoms with Gasteiger partial charge in [0.2, 0.25) is 11.9 Å². The van der Waals surface area contributed by atoms with Crippen LogP contribution in [0.1, 0.15) is 30.6 Å². The van der Waals surface area contributed by atoms with Gasteiger partial charge in [-0.15, -0.1) is 0 Å². The zero-order valence-corrected chi connectivity index (χ0v) is 14.4. The van der Waals surface area contributed by atoms with E-state index in [4.69, 9.17) is 14.2 Å². The summed E-state index contributed by atoms with van der Waals surface area (Å²) in [5.41, 5.74) is -2.10. The highest BCUT2D eigenvalue weighted by atomic mass is 16.6. The average Bonchev–Trinajstić information content (AvgIpc) is 2.61. The molecule has 0 fully saturated rings. The fourth-order valence-corrected chi connectivity index (χ4v) is 2.22. The van der Waals surface area contributed by atoms with Crippen LogP contribution in [0.3, 0.4) is 0 Å². The quantitative estimate of drug-likeness (QED) is 0.288. The van der Waals surface area contributed by atoms with Gasteiger partial charge in [-0.05, 0) is 26.0 Å². The molecule has 0 aromatic heterocycles. The number of para-hydroxylation sites is 1. The second kappa shape index (κ2) is 9.41. The first-order chi connectivity index (χ1) is 12.0. The number of nitrogens with one attached hydrogen (secondary N) is 1. The molecule has 1 rings (SSSR count). The van der Waals surface area contributed by atoms with Crippen molar-refractivity contribution in [3.63, 3.8) is 0 Å². The maximum absolute atomic E-state index is 12.7. The first-order valence-corrected chi connectivity index (χ1v) is 7.68. The van der Waals surface area contributed by atoms with Crippen molar-refractivity contribution in [2.75, 3.05) is 20.3 Å². The van der Waals surface area contributed by atoms with Gasteiger partial charge in [0.1, 0.15) is 5.75 Å². The minimum Gasteiger partial charge on any atom is -0.496 e. The Morgan fingerprint density at radius 3 is 2.12 bits per heavy atom. The van der Waals surface area contributed by atoms with Crippen LogP contribution in [-0.2, 0) is 23.9 Å². The minimum atomic E-state index is -2.26. The minimum absolute atomic E-state index is 0.0383. The van der Waals surface area contributed by atoms with Gasteiger partial charge in [0.05, 0.1) is 32.3 Å². The number of Topliss-reactive ketones (excluding diaryl/α,β-unsaturated/α-hetero) is 1. The lowest BCUT2D eigenvalue weighted by molar-refractivity contribution is -0.167. The lowest BCUT2D eigenvalue weighted by Crippen LogP contribution is -2.60. The van der Waals surface area contributed by atoms with Crippen molar-refractivity contribution < 1.29 is 33.4 Å². The highest BCUT2D eigenvalue weighted by molar-refractivity contribution is 6.12. The highest BCUT2D eigenvalue weighted by Crippen LogP contribution is 2.24. The summed E-state index contributed by atoms with van der Waals surface area (Å²) in [7, 11) is 1.39. The lowest BCUT2D eigenvalue weighted by atomic mass is 9.90. The van der Waals surface area contributed by atoms with Crippen LogP contribution in [0.2, 0.25) is 0 Å². The van der Waals surface area contributed by atoms with Crippen LogP contribution in [0.15, 0.2) is 24.3 Å². The summed E-state index contributed by atoms with van der Waals surface area (Å²) in [4.78, 5) is 48.4. The number of methoxy groups -OCH3 is 1. The summed E-state index contributed by atoms with van der Waals surface area (Å²) in [5.74, 6) is -2.44. The Morgan fingerprint density at radius 2 is 1.64 bits per heavy atom. The monoisotopic (exact) mass is 351 g/mol. The number of esters is 2. The van der Waals surface area contributed by atoms with Crippen LogP contribution < -0.4 is 10.1 Å². The van der Waals surface area contributed by atoms with Gasteiger partial charge in [-0.3, -0.25) is 9.59 Å². The van der Waals surface area contributed by atoms with E-state index >= 15 is 0 Å². The molecule has 25 heavy (non-hydrogen) atoms. The highest BCUT2D eigenvalue weighted by Gasteiger charge is 2.51. The van der Waals surface area contributed by atoms with Crippen LogP contribution in [0.25, 0.3) is 0 Å². The van der Waals surface area contributed by atoms with Gasteiger partial charge in [-0.25, -0.2) is 9.59 Å². The number of amides is 1. The second-order valence-corrected chi connectivity index (χ2v) is 4.91. The van der Waals surface area contributed by atoms with E-state index in [0.717, 1.165) is 0 Å². The molecule has 1 N–H and O–H groups in total. The van der Waals surface area contributed by atoms with Crippen molar-refractivity contribution in [1.29, 1.82) is 0 Å². The van der Waals surface area contributed by atoms with Crippen LogP contribution in [0.4, 0.5) is 0 Å². The van der Waals surface area contributed by atoms with E-state index in [9.17, 15) is 19.2 Å². The number of rotatable bonds is 10. The largest absolute Gasteiger partial charge is 0.496 e. The molecule has 1 amide bonds. The standard InChI is InChI=1S/C17H21NO7/c1-4-24-15(21)17(18-11-19,16(22)25-5-2)10-13(20)12-8-6-7-9-14(12)23-3/h6-9,11H,4-5,10H2,1-3H3,(H,18,19). The summed E-state index contributed by atoms with van der Waals surface area (Å²) in [5, 5.41) is 2.11. The summed E-state index contributed by atoms with van der Waals surface area (Å²) >= 11 is 0. The van der Waals surface area contributed by atoms with Crippen LogP contribution in [0.5, 0.6) is 5.75 Å². The van der Waals surface area contributed by atoms with Crippen molar-refractivity contribution in [3.05, 3.63) is 29.8 Å². The molecule has 136 valence electrons. The molecule has 0 radical (unpaired) electrons. The molecule has 0 aliphatic heterocycles. The Labute approximate surface area is 145 Å². The number of carbonyl (C=O) groups excluding carboxylic acids is 4. The van der Waals surface area contributed by atoms with Crippen LogP contribution >= 0.6 is 0 Å². The second-order valence-electron chi connectivity index (χ2n) is 4.91. The van der Waals surface area contributed by atoms with Gasteiger partial charge >= 0.3 is 11.9 Å². The molecule has 0 saturated carbocycles. The molecule has 0 atom stereocenters. The predicted octanol–water partition coefficient (Wildman–Crippen LogP) is 0.879. The third-order valence-electron chi connectivity index (χ3n) is 3.39. The van der Waals surface area contributed by atoms with Gasteiger partial charge < -0.3 is 19.5 Å². The predicted molar refractivity (Wildman–Crippen MR) is 87.1 cm³/mol. The maximum atomic E-state index is 12.7. The summed E-state index contributed by atoms with van der Waals surface area (Å²) in [6.07, 6.45) is -0.507. The van der Waals surface area contributed by atoms with Gasteiger partial charge in [-0.1, -0.05) is 12.1 Å². The van der Waals surface area contributed by atoms with E-state index in [1.807, 2.05) is 0 Å². The van der Waals surface area contributed by atoms with Crippen molar-refractivity contribution >= 4 is 24.1 Å². The molecule has 0 aliphatic rings. The molecule has 8 nitrogen and oxygen atoms in total. The zero-order valence-electron chi connectivity index (χ0n) is 14.4. The van der Waals surface area contributed by atoms with Crippen LogP contribution in [-0.4, -0.2) is 50.0 Å². The van der Waals surface area contributed by atoms with E-state index in [0.29, 0.717) is 0 Å². The fraction of sp³-hybridized carbons (Fsp3) is 0.412. The van der Waals surface area contributed by atoms with Gasteiger partial charge in [-0.2, -0.15) is 0 Å². The molecule has 1 aromatic rings. The number of hydrogen-bond acceptors (Lipinski definition) is 7. The maximum Gasteiger partial charge on any atom is 0.344 e. The normalized spacial score (nSPS) is 10.5. The molecule has 0 heterocycles. The molecule has 0 spiro atoms. The number of hydrogen-bond donors (Lipinski definition) is 1. The first kappa shape index (κ1) is 20.1.